The number of thioether (sulfide) groups is 1. The number of methoxy groups -OCH3 is 1. The van der Waals surface area contributed by atoms with Gasteiger partial charge in [-0.3, -0.25) is 9.69 Å². The van der Waals surface area contributed by atoms with Crippen molar-refractivity contribution >= 4 is 46.2 Å². The maximum Gasteiger partial charge on any atom is 0.266 e. The monoisotopic (exact) mass is 437 g/mol. The minimum Gasteiger partial charge on any atom is -0.497 e. The summed E-state index contributed by atoms with van der Waals surface area (Å²) in [6.07, 6.45) is 3.87. The Morgan fingerprint density at radius 3 is 2.50 bits per heavy atom. The Hall–Kier alpha value is -2.96. The van der Waals surface area contributed by atoms with Gasteiger partial charge in [0, 0.05) is 29.1 Å². The fourth-order valence-electron chi connectivity index (χ4n) is 3.12. The first-order valence-corrected chi connectivity index (χ1v) is 10.7. The molecule has 1 saturated heterocycles. The average molecular weight is 438 g/mol. The Morgan fingerprint density at radius 1 is 1.10 bits per heavy atom. The molecule has 30 heavy (non-hydrogen) atoms. The maximum absolute atomic E-state index is 13.0. The number of aliphatic imine (C=N–C) groups is 1. The number of benzene rings is 2. The highest BCUT2D eigenvalue weighted by Gasteiger charge is 2.32. The Morgan fingerprint density at radius 2 is 1.83 bits per heavy atom. The smallest absolute Gasteiger partial charge is 0.266 e. The van der Waals surface area contributed by atoms with Gasteiger partial charge in [-0.15, -0.1) is 0 Å². The fourth-order valence-corrected chi connectivity index (χ4v) is 4.29. The van der Waals surface area contributed by atoms with Crippen LogP contribution in [0.25, 0.3) is 11.8 Å². The van der Waals surface area contributed by atoms with Crippen molar-refractivity contribution < 1.29 is 9.53 Å². The predicted octanol–water partition coefficient (Wildman–Crippen LogP) is 5.76. The molecule has 5 nitrogen and oxygen atoms in total. The van der Waals surface area contributed by atoms with E-state index < -0.39 is 0 Å². The van der Waals surface area contributed by atoms with E-state index in [0.717, 1.165) is 22.8 Å². The number of hydrogen-bond donors (Lipinski definition) is 0. The topological polar surface area (TPSA) is 46.8 Å². The van der Waals surface area contributed by atoms with E-state index in [1.54, 1.807) is 12.0 Å². The number of hydrogen-bond acceptors (Lipinski definition) is 4. The summed E-state index contributed by atoms with van der Waals surface area (Å²) in [4.78, 5) is 20.0. The van der Waals surface area contributed by atoms with E-state index in [2.05, 4.69) is 4.99 Å². The molecule has 1 aromatic heterocycles. The molecule has 0 atom stereocenters. The van der Waals surface area contributed by atoms with Crippen LogP contribution in [0, 0.1) is 0 Å². The van der Waals surface area contributed by atoms with Crippen molar-refractivity contribution in [3.63, 3.8) is 0 Å². The molecule has 0 aliphatic carbocycles. The van der Waals surface area contributed by atoms with Crippen LogP contribution >= 0.6 is 23.4 Å². The summed E-state index contributed by atoms with van der Waals surface area (Å²) in [5.41, 5.74) is 2.66. The first kappa shape index (κ1) is 20.3. The third-order valence-corrected chi connectivity index (χ3v) is 5.92. The lowest BCUT2D eigenvalue weighted by Gasteiger charge is -2.12. The quantitative estimate of drug-likeness (QED) is 0.476. The molecule has 0 unspecified atom stereocenters. The molecule has 1 aliphatic heterocycles. The van der Waals surface area contributed by atoms with Crippen molar-refractivity contribution in [1.82, 2.24) is 9.47 Å². The van der Waals surface area contributed by atoms with E-state index in [0.29, 0.717) is 21.6 Å². The van der Waals surface area contributed by atoms with E-state index in [9.17, 15) is 4.79 Å². The summed E-state index contributed by atoms with van der Waals surface area (Å²) in [5, 5.41) is 1.36. The minimum atomic E-state index is -0.0429. The number of ether oxygens (including phenoxy) is 1. The van der Waals surface area contributed by atoms with Crippen LogP contribution in [0.4, 0.5) is 5.69 Å². The first-order chi connectivity index (χ1) is 14.6. The van der Waals surface area contributed by atoms with Crippen LogP contribution in [0.3, 0.4) is 0 Å². The van der Waals surface area contributed by atoms with Gasteiger partial charge in [0.25, 0.3) is 5.91 Å². The minimum absolute atomic E-state index is 0.0429. The fraction of sp³-hybridized carbons (Fsp3) is 0.130. The molecule has 0 spiro atoms. The van der Waals surface area contributed by atoms with Crippen LogP contribution < -0.4 is 4.74 Å². The SMILES string of the molecule is CCN1C(=O)/C(=C\c2cccn2-c2ccc(Cl)cc2)SC1=Nc1ccc(OC)cc1. The van der Waals surface area contributed by atoms with Crippen molar-refractivity contribution in [3.05, 3.63) is 82.5 Å². The standard InChI is InChI=1S/C23H20ClN3O2S/c1-3-26-22(28)21(30-23(26)25-17-8-12-20(29-2)13-9-17)15-19-5-4-14-27(19)18-10-6-16(24)7-11-18/h4-15H,3H2,1-2H3/b21-15+,25-23?. The summed E-state index contributed by atoms with van der Waals surface area (Å²) in [6.45, 7) is 2.50. The number of carbonyl (C=O) groups excluding carboxylic acids is 1. The molecule has 1 amide bonds. The second-order valence-electron chi connectivity index (χ2n) is 6.53. The number of amides is 1. The van der Waals surface area contributed by atoms with Gasteiger partial charge in [0.15, 0.2) is 5.17 Å². The molecule has 1 fully saturated rings. The van der Waals surface area contributed by atoms with E-state index >= 15 is 0 Å². The maximum atomic E-state index is 13.0. The van der Waals surface area contributed by atoms with Gasteiger partial charge in [-0.2, -0.15) is 0 Å². The molecule has 0 radical (unpaired) electrons. The molecule has 2 heterocycles. The van der Waals surface area contributed by atoms with Gasteiger partial charge in [-0.05, 0) is 85.4 Å². The summed E-state index contributed by atoms with van der Waals surface area (Å²) >= 11 is 7.39. The molecule has 0 N–H and O–H groups in total. The van der Waals surface area contributed by atoms with Gasteiger partial charge in [-0.1, -0.05) is 11.6 Å². The zero-order valence-electron chi connectivity index (χ0n) is 16.6. The van der Waals surface area contributed by atoms with Gasteiger partial charge in [0.05, 0.1) is 17.7 Å². The summed E-state index contributed by atoms with van der Waals surface area (Å²) in [5.74, 6) is 0.726. The van der Waals surface area contributed by atoms with E-state index in [-0.39, 0.29) is 5.91 Å². The Labute approximate surface area is 184 Å². The van der Waals surface area contributed by atoms with Crippen LogP contribution in [0.1, 0.15) is 12.6 Å². The largest absolute Gasteiger partial charge is 0.497 e. The van der Waals surface area contributed by atoms with E-state index in [1.165, 1.54) is 11.8 Å². The molecule has 4 rings (SSSR count). The zero-order chi connectivity index (χ0) is 21.1. The van der Waals surface area contributed by atoms with Gasteiger partial charge in [-0.25, -0.2) is 4.99 Å². The number of nitrogens with zero attached hydrogens (tertiary/aromatic N) is 3. The zero-order valence-corrected chi connectivity index (χ0v) is 18.2. The summed E-state index contributed by atoms with van der Waals surface area (Å²) < 4.78 is 7.21. The molecule has 0 saturated carbocycles. The van der Waals surface area contributed by atoms with E-state index in [4.69, 9.17) is 16.3 Å². The second-order valence-corrected chi connectivity index (χ2v) is 7.98. The average Bonchev–Trinajstić information content (AvgIpc) is 3.34. The Balaban J connectivity index is 1.65. The highest BCUT2D eigenvalue weighted by Crippen LogP contribution is 2.34. The molecule has 3 aromatic rings. The summed E-state index contributed by atoms with van der Waals surface area (Å²) in [6, 6.07) is 19.0. The van der Waals surface area contributed by atoms with Crippen molar-refractivity contribution in [2.45, 2.75) is 6.92 Å². The van der Waals surface area contributed by atoms with Crippen molar-refractivity contribution in [1.29, 1.82) is 0 Å². The van der Waals surface area contributed by atoms with Crippen molar-refractivity contribution in [2.24, 2.45) is 4.99 Å². The number of rotatable bonds is 5. The van der Waals surface area contributed by atoms with Crippen molar-refractivity contribution in [2.75, 3.05) is 13.7 Å². The van der Waals surface area contributed by atoms with Gasteiger partial charge < -0.3 is 9.30 Å². The van der Waals surface area contributed by atoms with Crippen molar-refractivity contribution in [3.8, 4) is 11.4 Å². The van der Waals surface area contributed by atoms with Crippen LogP contribution in [-0.2, 0) is 4.79 Å². The van der Waals surface area contributed by atoms with Gasteiger partial charge >= 0.3 is 0 Å². The van der Waals surface area contributed by atoms with E-state index in [1.807, 2.05) is 84.4 Å². The normalized spacial score (nSPS) is 16.6. The first-order valence-electron chi connectivity index (χ1n) is 9.46. The Bertz CT molecular complexity index is 1120. The number of aromatic nitrogens is 1. The van der Waals surface area contributed by atoms with Crippen LogP contribution in [0.2, 0.25) is 5.02 Å². The second kappa shape index (κ2) is 8.81. The third-order valence-electron chi connectivity index (χ3n) is 4.67. The molecule has 152 valence electrons. The molecule has 2 aromatic carbocycles. The number of halogens is 1. The highest BCUT2D eigenvalue weighted by molar-refractivity contribution is 8.18. The number of carbonyl (C=O) groups is 1. The third kappa shape index (κ3) is 4.15. The number of likely N-dealkylation sites (N-methyl/N-ethyl adjacent to an activating group) is 1. The summed E-state index contributed by atoms with van der Waals surface area (Å²) in [7, 11) is 1.63. The molecule has 1 aliphatic rings. The molecule has 7 heteroatoms. The highest BCUT2D eigenvalue weighted by atomic mass is 35.5. The van der Waals surface area contributed by atoms with Crippen LogP contribution in [0.5, 0.6) is 5.75 Å². The Kier molecular flexibility index (Phi) is 5.97. The molecule has 0 bridgehead atoms. The van der Waals surface area contributed by atoms with Crippen LogP contribution in [0.15, 0.2) is 76.8 Å². The van der Waals surface area contributed by atoms with Crippen LogP contribution in [-0.4, -0.2) is 34.2 Å². The molecular weight excluding hydrogens is 418 g/mol. The predicted molar refractivity (Wildman–Crippen MR) is 124 cm³/mol. The lowest BCUT2D eigenvalue weighted by Crippen LogP contribution is -2.28. The lowest BCUT2D eigenvalue weighted by atomic mass is 10.3. The van der Waals surface area contributed by atoms with Gasteiger partial charge in [0.2, 0.25) is 0 Å². The molecular formula is C23H20ClN3O2S. The van der Waals surface area contributed by atoms with Gasteiger partial charge in [0.1, 0.15) is 5.75 Å². The number of amidine groups is 1. The lowest BCUT2D eigenvalue weighted by molar-refractivity contribution is -0.122.